The van der Waals surface area contributed by atoms with Crippen LogP contribution in [0, 0.1) is 6.92 Å². The molecule has 0 fully saturated rings. The number of benzene rings is 2. The molecular weight excluding hydrogens is 248 g/mol. The fraction of sp³-hybridized carbons (Fsp3) is 0.118. The minimum absolute atomic E-state index is 0.699. The summed E-state index contributed by atoms with van der Waals surface area (Å²) >= 11 is 0. The highest BCUT2D eigenvalue weighted by molar-refractivity contribution is 6.04. The number of hydrogen-bond acceptors (Lipinski definition) is 2. The van der Waals surface area contributed by atoms with Gasteiger partial charge in [0, 0.05) is 23.6 Å². The van der Waals surface area contributed by atoms with E-state index in [4.69, 9.17) is 0 Å². The first-order valence-corrected chi connectivity index (χ1v) is 6.57. The van der Waals surface area contributed by atoms with E-state index in [2.05, 4.69) is 24.0 Å². The summed E-state index contributed by atoms with van der Waals surface area (Å²) in [4.78, 5) is 16.8. The maximum absolute atomic E-state index is 11.5. The van der Waals surface area contributed by atoms with Gasteiger partial charge in [0.1, 0.15) is 5.82 Å². The van der Waals surface area contributed by atoms with Crippen molar-refractivity contribution in [3.63, 3.8) is 0 Å². The number of aromatic amines is 1. The molecule has 1 aromatic heterocycles. The Morgan fingerprint density at radius 1 is 1.10 bits per heavy atom. The van der Waals surface area contributed by atoms with E-state index in [9.17, 15) is 4.79 Å². The normalized spacial score (nSPS) is 10.7. The van der Waals surface area contributed by atoms with E-state index in [0.29, 0.717) is 5.56 Å². The Morgan fingerprint density at radius 2 is 1.90 bits per heavy atom. The zero-order valence-electron chi connectivity index (χ0n) is 11.6. The van der Waals surface area contributed by atoms with Crippen molar-refractivity contribution in [3.8, 4) is 0 Å². The molecule has 0 atom stereocenters. The third-order valence-corrected chi connectivity index (χ3v) is 3.57. The Labute approximate surface area is 117 Å². The van der Waals surface area contributed by atoms with Crippen LogP contribution in [0.25, 0.3) is 10.9 Å². The van der Waals surface area contributed by atoms with E-state index in [0.717, 1.165) is 28.7 Å². The first-order valence-electron chi connectivity index (χ1n) is 6.57. The van der Waals surface area contributed by atoms with Crippen molar-refractivity contribution in [2.75, 3.05) is 11.9 Å². The number of hydrogen-bond donors (Lipinski definition) is 1. The van der Waals surface area contributed by atoms with Gasteiger partial charge in [0.15, 0.2) is 6.29 Å². The van der Waals surface area contributed by atoms with Crippen molar-refractivity contribution >= 4 is 28.7 Å². The second kappa shape index (κ2) is 4.85. The lowest BCUT2D eigenvalue weighted by molar-refractivity contribution is 0.112. The molecule has 1 N–H and O–H groups in total. The number of fused-ring (bicyclic) bond motifs is 1. The molecule has 3 nitrogen and oxygen atoms in total. The maximum Gasteiger partial charge on any atom is 0.154 e. The predicted molar refractivity (Wildman–Crippen MR) is 82.9 cm³/mol. The fourth-order valence-corrected chi connectivity index (χ4v) is 2.50. The van der Waals surface area contributed by atoms with Gasteiger partial charge in [0.05, 0.1) is 5.56 Å². The number of carbonyl (C=O) groups excluding carboxylic acids is 1. The molecule has 3 rings (SSSR count). The van der Waals surface area contributed by atoms with Gasteiger partial charge in [-0.2, -0.15) is 0 Å². The monoisotopic (exact) mass is 264 g/mol. The number of nitrogens with one attached hydrogen (secondary N) is 1. The minimum Gasteiger partial charge on any atom is -0.341 e. The van der Waals surface area contributed by atoms with Crippen LogP contribution in [0.4, 0.5) is 11.5 Å². The lowest BCUT2D eigenvalue weighted by Gasteiger charge is -2.19. The number of rotatable bonds is 3. The third-order valence-electron chi connectivity index (χ3n) is 3.57. The number of para-hydroxylation sites is 1. The van der Waals surface area contributed by atoms with Gasteiger partial charge >= 0.3 is 0 Å². The number of H-pyrrole nitrogens is 1. The van der Waals surface area contributed by atoms with Crippen LogP contribution >= 0.6 is 0 Å². The molecular formula is C17H16N2O. The van der Waals surface area contributed by atoms with E-state index in [-0.39, 0.29) is 0 Å². The third kappa shape index (κ3) is 1.97. The average Bonchev–Trinajstić information content (AvgIpc) is 2.85. The van der Waals surface area contributed by atoms with Crippen LogP contribution in [-0.4, -0.2) is 18.3 Å². The molecule has 0 unspecified atom stereocenters. The highest BCUT2D eigenvalue weighted by Crippen LogP contribution is 2.31. The van der Waals surface area contributed by atoms with Crippen molar-refractivity contribution < 1.29 is 4.79 Å². The van der Waals surface area contributed by atoms with Crippen LogP contribution in [0.5, 0.6) is 0 Å². The van der Waals surface area contributed by atoms with Gasteiger partial charge in [0.2, 0.25) is 0 Å². The molecule has 3 aromatic rings. The number of anilines is 2. The number of aromatic nitrogens is 1. The average molecular weight is 264 g/mol. The molecule has 2 aromatic carbocycles. The van der Waals surface area contributed by atoms with E-state index >= 15 is 0 Å². The Hall–Kier alpha value is -2.55. The van der Waals surface area contributed by atoms with E-state index in [1.54, 1.807) is 0 Å². The number of aryl methyl sites for hydroxylation is 1. The summed E-state index contributed by atoms with van der Waals surface area (Å²) in [5, 5.41) is 0.956. The summed E-state index contributed by atoms with van der Waals surface area (Å²) in [5.74, 6) is 0.826. The smallest absolute Gasteiger partial charge is 0.154 e. The minimum atomic E-state index is 0.699. The van der Waals surface area contributed by atoms with E-state index in [1.807, 2.05) is 48.3 Å². The lowest BCUT2D eigenvalue weighted by Crippen LogP contribution is -2.11. The lowest BCUT2D eigenvalue weighted by atomic mass is 10.1. The van der Waals surface area contributed by atoms with Crippen molar-refractivity contribution in [1.29, 1.82) is 0 Å². The molecule has 0 aliphatic heterocycles. The standard InChI is InChI=1S/C17H16N2O/c1-12-6-5-7-13(10-12)19(2)17-15(11-20)14-8-3-4-9-16(14)18-17/h3-11,18H,1-2H3. The highest BCUT2D eigenvalue weighted by Gasteiger charge is 2.15. The first kappa shape index (κ1) is 12.5. The number of nitrogens with zero attached hydrogens (tertiary/aromatic N) is 1. The van der Waals surface area contributed by atoms with Crippen LogP contribution < -0.4 is 4.90 Å². The molecule has 0 spiro atoms. The van der Waals surface area contributed by atoms with Gasteiger partial charge in [0.25, 0.3) is 0 Å². The molecule has 0 saturated carbocycles. The quantitative estimate of drug-likeness (QED) is 0.724. The van der Waals surface area contributed by atoms with Gasteiger partial charge in [-0.05, 0) is 30.7 Å². The molecule has 0 aliphatic carbocycles. The first-order chi connectivity index (χ1) is 9.70. The molecule has 20 heavy (non-hydrogen) atoms. The molecule has 0 radical (unpaired) electrons. The van der Waals surface area contributed by atoms with Crippen LogP contribution in [0.15, 0.2) is 48.5 Å². The summed E-state index contributed by atoms with van der Waals surface area (Å²) in [6.45, 7) is 2.06. The number of carbonyl (C=O) groups is 1. The molecule has 1 heterocycles. The summed E-state index contributed by atoms with van der Waals surface area (Å²) in [5.41, 5.74) is 3.92. The topological polar surface area (TPSA) is 36.1 Å². The van der Waals surface area contributed by atoms with Gasteiger partial charge in [-0.25, -0.2) is 0 Å². The van der Waals surface area contributed by atoms with Crippen molar-refractivity contribution in [3.05, 3.63) is 59.7 Å². The Morgan fingerprint density at radius 3 is 2.65 bits per heavy atom. The molecule has 0 amide bonds. The number of aldehydes is 1. The molecule has 0 bridgehead atoms. The largest absolute Gasteiger partial charge is 0.341 e. The van der Waals surface area contributed by atoms with Crippen LogP contribution in [0.2, 0.25) is 0 Å². The SMILES string of the molecule is Cc1cccc(N(C)c2[nH]c3ccccc3c2C=O)c1. The Balaban J connectivity index is 2.16. The summed E-state index contributed by atoms with van der Waals surface area (Å²) in [6.07, 6.45) is 0.917. The van der Waals surface area contributed by atoms with Crippen molar-refractivity contribution in [2.24, 2.45) is 0 Å². The van der Waals surface area contributed by atoms with Crippen LogP contribution in [-0.2, 0) is 0 Å². The fourth-order valence-electron chi connectivity index (χ4n) is 2.50. The summed E-state index contributed by atoms with van der Waals surface area (Å²) in [7, 11) is 1.96. The van der Waals surface area contributed by atoms with Gasteiger partial charge in [-0.15, -0.1) is 0 Å². The van der Waals surface area contributed by atoms with E-state index < -0.39 is 0 Å². The Kier molecular flexibility index (Phi) is 3.03. The van der Waals surface area contributed by atoms with Gasteiger partial charge < -0.3 is 9.88 Å². The van der Waals surface area contributed by atoms with E-state index in [1.165, 1.54) is 5.56 Å². The van der Waals surface area contributed by atoms with Crippen LogP contribution in [0.1, 0.15) is 15.9 Å². The van der Waals surface area contributed by atoms with Gasteiger partial charge in [-0.3, -0.25) is 4.79 Å². The molecule has 0 saturated heterocycles. The second-order valence-corrected chi connectivity index (χ2v) is 4.95. The van der Waals surface area contributed by atoms with Crippen molar-refractivity contribution in [2.45, 2.75) is 6.92 Å². The maximum atomic E-state index is 11.5. The van der Waals surface area contributed by atoms with Crippen molar-refractivity contribution in [1.82, 2.24) is 4.98 Å². The summed E-state index contributed by atoms with van der Waals surface area (Å²) < 4.78 is 0. The summed E-state index contributed by atoms with van der Waals surface area (Å²) in [6, 6.07) is 16.1. The zero-order chi connectivity index (χ0) is 14.1. The predicted octanol–water partition coefficient (Wildman–Crippen LogP) is 4.06. The zero-order valence-corrected chi connectivity index (χ0v) is 11.6. The molecule has 3 heteroatoms. The van der Waals surface area contributed by atoms with Crippen LogP contribution in [0.3, 0.4) is 0 Å². The second-order valence-electron chi connectivity index (χ2n) is 4.95. The highest BCUT2D eigenvalue weighted by atomic mass is 16.1. The Bertz CT molecular complexity index is 774. The molecule has 0 aliphatic rings. The molecule has 100 valence electrons. The van der Waals surface area contributed by atoms with Gasteiger partial charge in [-0.1, -0.05) is 30.3 Å².